The molecular weight excluding hydrogens is 946 g/mol. The molecular formula is C29H22ClF4Ir2N5O2-. The summed E-state index contributed by atoms with van der Waals surface area (Å²) in [6.45, 7) is 3.72. The SMILES string of the molecule is Cc1ccnc(-c2[c-]cc(F)nc2F)c1.Cc1ccnc(-c2[c-]cc(F)nc2F)c1.O=C(O)c1ccccn1.[CH3-].[Cl][Ir+2].[Ir]. The summed E-state index contributed by atoms with van der Waals surface area (Å²) in [5.74, 6) is -4.55. The van der Waals surface area contributed by atoms with E-state index in [9.17, 15) is 22.4 Å². The quantitative estimate of drug-likeness (QED) is 0.119. The number of nitrogens with zero attached hydrogens (tertiary/aromatic N) is 5. The van der Waals surface area contributed by atoms with Gasteiger partial charge in [-0.3, -0.25) is 9.97 Å². The third kappa shape index (κ3) is 13.1. The number of carbonyl (C=O) groups is 1. The van der Waals surface area contributed by atoms with Crippen LogP contribution in [0.25, 0.3) is 22.5 Å². The van der Waals surface area contributed by atoms with Gasteiger partial charge in [0.05, 0.1) is 0 Å². The first-order valence-electron chi connectivity index (χ1n) is 11.2. The molecule has 5 aromatic heterocycles. The molecule has 0 aliphatic carbocycles. The Hall–Kier alpha value is -3.47. The first-order chi connectivity index (χ1) is 19.6. The average Bonchev–Trinajstić information content (AvgIpc) is 2.95. The Kier molecular flexibility index (Phi) is 18.8. The molecule has 14 heteroatoms. The minimum absolute atomic E-state index is 0. The summed E-state index contributed by atoms with van der Waals surface area (Å²) in [6, 6.07) is 18.6. The standard InChI is InChI=1S/2C11H7F2N2.C6H5NO2.CH3.ClH.2Ir/c2*1-7-4-5-14-9(6-7)8-2-3-10(12)15-11(8)13;8-6(9)5-3-1-2-4-7-5;;;;/h2*3-6H,1H3;1-4H,(H,8,9);1H3;1H;;/q2*-1;;-1;;;+3/p-1. The molecule has 5 rings (SSSR count). The molecule has 0 aromatic carbocycles. The minimum atomic E-state index is -0.990. The van der Waals surface area contributed by atoms with Crippen molar-refractivity contribution in [3.05, 3.63) is 133 Å². The summed E-state index contributed by atoms with van der Waals surface area (Å²) in [7, 11) is 4.64. The van der Waals surface area contributed by atoms with E-state index in [1.807, 2.05) is 13.8 Å². The van der Waals surface area contributed by atoms with E-state index in [-0.39, 0.29) is 44.4 Å². The second-order valence-electron chi connectivity index (χ2n) is 7.74. The van der Waals surface area contributed by atoms with Crippen molar-refractivity contribution in [2.75, 3.05) is 0 Å². The Morgan fingerprint density at radius 2 is 1.21 bits per heavy atom. The summed E-state index contributed by atoms with van der Waals surface area (Å²) in [5, 5.41) is 8.32. The van der Waals surface area contributed by atoms with E-state index in [4.69, 9.17) is 5.11 Å². The maximum Gasteiger partial charge on any atom is 0 e. The summed E-state index contributed by atoms with van der Waals surface area (Å²) >= 11 is 1.47. The van der Waals surface area contributed by atoms with E-state index in [1.165, 1.54) is 30.2 Å². The van der Waals surface area contributed by atoms with Gasteiger partial charge in [-0.2, -0.15) is 0 Å². The van der Waals surface area contributed by atoms with Crippen LogP contribution in [0.15, 0.2) is 73.2 Å². The number of aromatic carboxylic acids is 1. The fraction of sp³-hybridized carbons (Fsp3) is 0.0690. The van der Waals surface area contributed by atoms with Crippen molar-refractivity contribution in [3.8, 4) is 22.5 Å². The largest absolute Gasteiger partial charge is 0 e. The Morgan fingerprint density at radius 3 is 1.51 bits per heavy atom. The zero-order valence-corrected chi connectivity index (χ0v) is 28.1. The molecule has 0 saturated heterocycles. The second kappa shape index (κ2) is 20.4. The van der Waals surface area contributed by atoms with E-state index in [1.54, 1.807) is 48.8 Å². The number of carboxylic acids is 1. The molecule has 0 atom stereocenters. The number of aromatic nitrogens is 5. The summed E-state index contributed by atoms with van der Waals surface area (Å²) in [6.07, 6.45) is 4.56. The van der Waals surface area contributed by atoms with Crippen LogP contribution >= 0.6 is 9.58 Å². The van der Waals surface area contributed by atoms with Gasteiger partial charge < -0.3 is 22.5 Å². The molecule has 0 aliphatic rings. The fourth-order valence-corrected chi connectivity index (χ4v) is 2.94. The first-order valence-corrected chi connectivity index (χ1v) is 14.2. The third-order valence-electron chi connectivity index (χ3n) is 4.72. The number of halogens is 5. The van der Waals surface area contributed by atoms with Crippen LogP contribution in [-0.4, -0.2) is 36.0 Å². The van der Waals surface area contributed by atoms with Gasteiger partial charge in [0.25, 0.3) is 0 Å². The van der Waals surface area contributed by atoms with Crippen molar-refractivity contribution in [1.29, 1.82) is 0 Å². The number of hydrogen-bond donors (Lipinski definition) is 1. The minimum Gasteiger partial charge on any atom is 0 e. The van der Waals surface area contributed by atoms with E-state index >= 15 is 0 Å². The molecule has 0 bridgehead atoms. The van der Waals surface area contributed by atoms with Crippen LogP contribution in [0.2, 0.25) is 0 Å². The third-order valence-corrected chi connectivity index (χ3v) is 4.72. The topological polar surface area (TPSA) is 102 Å². The van der Waals surface area contributed by atoms with Gasteiger partial charge in [-0.15, -0.1) is 12.1 Å². The van der Waals surface area contributed by atoms with Gasteiger partial charge in [-0.05, 0) is 49.5 Å². The molecule has 0 fully saturated rings. The Balaban J connectivity index is 0.000000601. The van der Waals surface area contributed by atoms with E-state index < -0.39 is 29.8 Å². The van der Waals surface area contributed by atoms with Crippen LogP contribution in [0.4, 0.5) is 17.6 Å². The molecule has 43 heavy (non-hydrogen) atoms. The Labute approximate surface area is 274 Å². The van der Waals surface area contributed by atoms with Crippen LogP contribution in [0.3, 0.4) is 0 Å². The van der Waals surface area contributed by atoms with Gasteiger partial charge in [0.2, 0.25) is 0 Å². The van der Waals surface area contributed by atoms with Crippen molar-refractivity contribution in [1.82, 2.24) is 24.9 Å². The van der Waals surface area contributed by atoms with Gasteiger partial charge in [0.15, 0.2) is 0 Å². The maximum absolute atomic E-state index is 13.2. The zero-order valence-electron chi connectivity index (χ0n) is 22.6. The molecule has 0 saturated carbocycles. The van der Waals surface area contributed by atoms with Crippen LogP contribution < -0.4 is 0 Å². The van der Waals surface area contributed by atoms with Crippen LogP contribution in [0, 0.1) is 57.2 Å². The van der Waals surface area contributed by atoms with Gasteiger partial charge in [-0.25, -0.2) is 27.3 Å². The van der Waals surface area contributed by atoms with Crippen LogP contribution in [0.5, 0.6) is 0 Å². The molecule has 7 nitrogen and oxygen atoms in total. The normalized spacial score (nSPS) is 9.21. The number of rotatable bonds is 3. The molecule has 0 amide bonds. The monoisotopic (exact) mass is 969 g/mol. The van der Waals surface area contributed by atoms with Gasteiger partial charge in [0, 0.05) is 38.7 Å². The molecule has 229 valence electrons. The fourth-order valence-electron chi connectivity index (χ4n) is 2.94. The van der Waals surface area contributed by atoms with Gasteiger partial charge in [-0.1, -0.05) is 52.6 Å². The molecule has 5 aromatic rings. The van der Waals surface area contributed by atoms with Crippen molar-refractivity contribution in [2.45, 2.75) is 13.8 Å². The maximum atomic E-state index is 13.2. The van der Waals surface area contributed by atoms with Crippen molar-refractivity contribution < 1.29 is 65.5 Å². The Morgan fingerprint density at radius 1 is 0.767 bits per heavy atom. The van der Waals surface area contributed by atoms with Crippen LogP contribution in [-0.2, 0) is 38.0 Å². The van der Waals surface area contributed by atoms with Crippen molar-refractivity contribution in [3.63, 3.8) is 0 Å². The van der Waals surface area contributed by atoms with Gasteiger partial charge >= 0.3 is 33.4 Å². The van der Waals surface area contributed by atoms with E-state index in [0.717, 1.165) is 23.3 Å². The molecule has 1 radical (unpaired) electrons. The zero-order chi connectivity index (χ0) is 30.4. The molecule has 5 heterocycles. The predicted octanol–water partition coefficient (Wildman–Crippen LogP) is 6.98. The molecule has 0 spiro atoms. The second-order valence-corrected chi connectivity index (χ2v) is 7.74. The first kappa shape index (κ1) is 39.5. The van der Waals surface area contributed by atoms with Crippen LogP contribution in [0.1, 0.15) is 21.6 Å². The van der Waals surface area contributed by atoms with Crippen molar-refractivity contribution >= 4 is 15.6 Å². The molecule has 0 aliphatic heterocycles. The number of hydrogen-bond acceptors (Lipinski definition) is 6. The van der Waals surface area contributed by atoms with Crippen molar-refractivity contribution in [2.24, 2.45) is 0 Å². The van der Waals surface area contributed by atoms with Gasteiger partial charge in [0.1, 0.15) is 29.5 Å². The van der Waals surface area contributed by atoms with E-state index in [2.05, 4.69) is 46.6 Å². The summed E-state index contributed by atoms with van der Waals surface area (Å²) in [4.78, 5) is 27.8. The van der Waals surface area contributed by atoms with E-state index in [0.29, 0.717) is 11.4 Å². The molecule has 1 N–H and O–H groups in total. The summed E-state index contributed by atoms with van der Waals surface area (Å²) < 4.78 is 51.6. The average molecular weight is 968 g/mol. The number of pyridine rings is 5. The smallest absolute Gasteiger partial charge is 0 e. The predicted molar refractivity (Wildman–Crippen MR) is 145 cm³/mol. The number of carboxylic acid groups (broad SMARTS) is 1. The summed E-state index contributed by atoms with van der Waals surface area (Å²) in [5.41, 5.74) is 2.94. The number of aryl methyl sites for hydroxylation is 2. The Bertz CT molecular complexity index is 1500. The molecule has 0 unspecified atom stereocenters.